The molecular weight excluding hydrogens is 324 g/mol. The van der Waals surface area contributed by atoms with Crippen molar-refractivity contribution in [3.8, 4) is 0 Å². The fourth-order valence-corrected chi connectivity index (χ4v) is 4.55. The topological polar surface area (TPSA) is 57.7 Å². The predicted molar refractivity (Wildman–Crippen MR) is 95.1 cm³/mol. The average molecular weight is 348 g/mol. The molecule has 1 heterocycles. The number of rotatable bonds is 7. The number of benzene rings is 1. The van der Waals surface area contributed by atoms with Gasteiger partial charge in [0.25, 0.3) is 0 Å². The maximum absolute atomic E-state index is 12.9. The molecule has 0 spiro atoms. The standard InChI is InChI=1S/C18H24N2O3S/c1-4-12-19(13-5-2)18(21)17-7-6-14-20(17)24(22,23)16-10-8-15(3)9-11-16/h4-5,8-11,17H,1-2,6-7,12-14H2,3H3/t17-/m0/s1. The minimum absolute atomic E-state index is 0.192. The first-order valence-corrected chi connectivity index (χ1v) is 9.45. The van der Waals surface area contributed by atoms with Crippen LogP contribution in [0, 0.1) is 6.92 Å². The lowest BCUT2D eigenvalue weighted by atomic mass is 10.2. The summed E-state index contributed by atoms with van der Waals surface area (Å²) in [6.45, 7) is 10.3. The second kappa shape index (κ2) is 7.77. The van der Waals surface area contributed by atoms with Crippen LogP contribution in [0.3, 0.4) is 0 Å². The van der Waals surface area contributed by atoms with E-state index in [4.69, 9.17) is 0 Å². The minimum Gasteiger partial charge on any atom is -0.334 e. The highest BCUT2D eigenvalue weighted by atomic mass is 32.2. The van der Waals surface area contributed by atoms with Gasteiger partial charge in [-0.3, -0.25) is 4.79 Å². The molecule has 1 fully saturated rings. The van der Waals surface area contributed by atoms with Gasteiger partial charge in [0.15, 0.2) is 0 Å². The summed E-state index contributed by atoms with van der Waals surface area (Å²) < 4.78 is 27.2. The number of hydrogen-bond acceptors (Lipinski definition) is 3. The summed E-state index contributed by atoms with van der Waals surface area (Å²) >= 11 is 0. The summed E-state index contributed by atoms with van der Waals surface area (Å²) in [7, 11) is -3.68. The van der Waals surface area contributed by atoms with E-state index in [-0.39, 0.29) is 10.8 Å². The number of carbonyl (C=O) groups excluding carboxylic acids is 1. The quantitative estimate of drug-likeness (QED) is 0.711. The Morgan fingerprint density at radius 1 is 1.25 bits per heavy atom. The number of nitrogens with zero attached hydrogens (tertiary/aromatic N) is 2. The first-order valence-electron chi connectivity index (χ1n) is 8.01. The number of carbonyl (C=O) groups is 1. The Hall–Kier alpha value is -1.92. The minimum atomic E-state index is -3.68. The van der Waals surface area contributed by atoms with Crippen molar-refractivity contribution in [1.29, 1.82) is 0 Å². The molecule has 0 saturated carbocycles. The molecule has 0 radical (unpaired) electrons. The Morgan fingerprint density at radius 3 is 2.38 bits per heavy atom. The van der Waals surface area contributed by atoms with E-state index in [1.165, 1.54) is 4.31 Å². The normalized spacial score (nSPS) is 18.3. The van der Waals surface area contributed by atoms with Gasteiger partial charge in [0.05, 0.1) is 4.90 Å². The van der Waals surface area contributed by atoms with Gasteiger partial charge in [0, 0.05) is 19.6 Å². The molecule has 0 N–H and O–H groups in total. The van der Waals surface area contributed by atoms with Gasteiger partial charge in [-0.1, -0.05) is 29.8 Å². The van der Waals surface area contributed by atoms with Gasteiger partial charge in [-0.25, -0.2) is 8.42 Å². The lowest BCUT2D eigenvalue weighted by Gasteiger charge is -2.28. The molecule has 0 bridgehead atoms. The molecule has 0 aromatic heterocycles. The number of amides is 1. The first kappa shape index (κ1) is 18.4. The molecule has 1 atom stereocenters. The molecule has 2 rings (SSSR count). The summed E-state index contributed by atoms with van der Waals surface area (Å²) in [5.74, 6) is -0.192. The third-order valence-corrected chi connectivity index (χ3v) is 6.05. The van der Waals surface area contributed by atoms with E-state index in [1.54, 1.807) is 41.3 Å². The van der Waals surface area contributed by atoms with Crippen molar-refractivity contribution in [2.75, 3.05) is 19.6 Å². The first-order chi connectivity index (χ1) is 11.4. The molecule has 1 amide bonds. The van der Waals surface area contributed by atoms with Crippen LogP contribution in [0.25, 0.3) is 0 Å². The molecule has 1 aliphatic rings. The van der Waals surface area contributed by atoms with Crippen molar-refractivity contribution in [1.82, 2.24) is 9.21 Å². The fraction of sp³-hybridized carbons (Fsp3) is 0.389. The second-order valence-corrected chi connectivity index (χ2v) is 7.80. The Balaban J connectivity index is 2.28. The summed E-state index contributed by atoms with van der Waals surface area (Å²) in [4.78, 5) is 14.6. The molecule has 0 aliphatic carbocycles. The average Bonchev–Trinajstić information content (AvgIpc) is 3.05. The lowest BCUT2D eigenvalue weighted by Crippen LogP contribution is -2.47. The smallest absolute Gasteiger partial charge is 0.243 e. The summed E-state index contributed by atoms with van der Waals surface area (Å²) in [5, 5.41) is 0. The molecule has 1 aliphatic heterocycles. The van der Waals surface area contributed by atoms with Crippen molar-refractivity contribution in [2.24, 2.45) is 0 Å². The molecule has 1 saturated heterocycles. The van der Waals surface area contributed by atoms with Crippen LogP contribution in [0.4, 0.5) is 0 Å². The van der Waals surface area contributed by atoms with E-state index < -0.39 is 16.1 Å². The van der Waals surface area contributed by atoms with Gasteiger partial charge in [-0.15, -0.1) is 13.2 Å². The molecule has 130 valence electrons. The van der Waals surface area contributed by atoms with Crippen molar-refractivity contribution >= 4 is 15.9 Å². The highest BCUT2D eigenvalue weighted by molar-refractivity contribution is 7.89. The zero-order valence-electron chi connectivity index (χ0n) is 14.0. The summed E-state index contributed by atoms with van der Waals surface area (Å²) in [6, 6.07) is 6.06. The van der Waals surface area contributed by atoms with Crippen molar-refractivity contribution < 1.29 is 13.2 Å². The lowest BCUT2D eigenvalue weighted by molar-refractivity contribution is -0.133. The molecular formula is C18H24N2O3S. The third-order valence-electron chi connectivity index (χ3n) is 4.13. The van der Waals surface area contributed by atoms with Crippen molar-refractivity contribution in [3.63, 3.8) is 0 Å². The summed E-state index contributed by atoms with van der Waals surface area (Å²) in [6.07, 6.45) is 4.48. The van der Waals surface area contributed by atoms with Gasteiger partial charge >= 0.3 is 0 Å². The molecule has 24 heavy (non-hydrogen) atoms. The SMILES string of the molecule is C=CCN(CC=C)C(=O)[C@@H]1CCCN1S(=O)(=O)c1ccc(C)cc1. The zero-order chi connectivity index (χ0) is 17.7. The van der Waals surface area contributed by atoms with E-state index in [0.717, 1.165) is 5.56 Å². The van der Waals surface area contributed by atoms with Crippen LogP contribution in [0.2, 0.25) is 0 Å². The maximum atomic E-state index is 12.9. The van der Waals surface area contributed by atoms with E-state index in [1.807, 2.05) is 6.92 Å². The Labute approximate surface area is 144 Å². The Bertz CT molecular complexity index is 700. The number of hydrogen-bond donors (Lipinski definition) is 0. The zero-order valence-corrected chi connectivity index (χ0v) is 14.8. The number of aryl methyl sites for hydroxylation is 1. The Kier molecular flexibility index (Phi) is 5.96. The molecule has 6 heteroatoms. The van der Waals surface area contributed by atoms with Crippen molar-refractivity contribution in [3.05, 3.63) is 55.1 Å². The van der Waals surface area contributed by atoms with Gasteiger partial charge in [-0.05, 0) is 31.9 Å². The molecule has 1 aromatic carbocycles. The fourth-order valence-electron chi connectivity index (χ4n) is 2.90. The second-order valence-electron chi connectivity index (χ2n) is 5.91. The van der Waals surface area contributed by atoms with Crippen molar-refractivity contribution in [2.45, 2.75) is 30.7 Å². The highest BCUT2D eigenvalue weighted by Crippen LogP contribution is 2.27. The van der Waals surface area contributed by atoms with E-state index in [2.05, 4.69) is 13.2 Å². The van der Waals surface area contributed by atoms with Gasteiger partial charge in [-0.2, -0.15) is 4.31 Å². The molecule has 5 nitrogen and oxygen atoms in total. The van der Waals surface area contributed by atoms with E-state index in [9.17, 15) is 13.2 Å². The highest BCUT2D eigenvalue weighted by Gasteiger charge is 2.40. The third kappa shape index (κ3) is 3.76. The van der Waals surface area contributed by atoms with Gasteiger partial charge in [0.2, 0.25) is 15.9 Å². The monoisotopic (exact) mass is 348 g/mol. The van der Waals surface area contributed by atoms with Crippen LogP contribution in [0.5, 0.6) is 0 Å². The largest absolute Gasteiger partial charge is 0.334 e. The number of sulfonamides is 1. The van der Waals surface area contributed by atoms with Crippen LogP contribution in [0.15, 0.2) is 54.5 Å². The Morgan fingerprint density at radius 2 is 1.83 bits per heavy atom. The van der Waals surface area contributed by atoms with Gasteiger partial charge in [0.1, 0.15) is 6.04 Å². The molecule has 0 unspecified atom stereocenters. The van der Waals surface area contributed by atoms with Crippen LogP contribution in [0.1, 0.15) is 18.4 Å². The van der Waals surface area contributed by atoms with Crippen LogP contribution in [-0.2, 0) is 14.8 Å². The van der Waals surface area contributed by atoms with E-state index in [0.29, 0.717) is 32.5 Å². The van der Waals surface area contributed by atoms with Gasteiger partial charge < -0.3 is 4.90 Å². The summed E-state index contributed by atoms with van der Waals surface area (Å²) in [5.41, 5.74) is 0.992. The van der Waals surface area contributed by atoms with Crippen LogP contribution >= 0.6 is 0 Å². The molecule has 1 aromatic rings. The predicted octanol–water partition coefficient (Wildman–Crippen LogP) is 2.35. The maximum Gasteiger partial charge on any atom is 0.243 e. The van der Waals surface area contributed by atoms with Crippen LogP contribution in [-0.4, -0.2) is 49.2 Å². The van der Waals surface area contributed by atoms with E-state index >= 15 is 0 Å². The van der Waals surface area contributed by atoms with Crippen LogP contribution < -0.4 is 0 Å².